The van der Waals surface area contributed by atoms with Crippen LogP contribution in [0.2, 0.25) is 0 Å². The van der Waals surface area contributed by atoms with Gasteiger partial charge in [0.05, 0.1) is 12.7 Å². The van der Waals surface area contributed by atoms with E-state index in [2.05, 4.69) is 6.58 Å². The first-order valence-corrected chi connectivity index (χ1v) is 4.74. The second kappa shape index (κ2) is 7.39. The molecule has 0 aliphatic carbocycles. The third kappa shape index (κ3) is 8.11. The van der Waals surface area contributed by atoms with Gasteiger partial charge in [-0.3, -0.25) is 0 Å². The van der Waals surface area contributed by atoms with E-state index in [1.165, 1.54) is 0 Å². The van der Waals surface area contributed by atoms with Crippen molar-refractivity contribution < 1.29 is 24.5 Å². The van der Waals surface area contributed by atoms with Crippen LogP contribution in [0.1, 0.15) is 20.3 Å². The lowest BCUT2D eigenvalue weighted by Gasteiger charge is -2.13. The number of hydrogen-bond donors (Lipinski definition) is 2. The molecular weight excluding hydrogens is 200 g/mol. The fourth-order valence-electron chi connectivity index (χ4n) is 0.802. The van der Waals surface area contributed by atoms with Gasteiger partial charge in [0.15, 0.2) is 6.29 Å². The Balaban J connectivity index is 3.46. The third-order valence-corrected chi connectivity index (χ3v) is 1.52. The zero-order valence-electron chi connectivity index (χ0n) is 9.10. The van der Waals surface area contributed by atoms with E-state index in [0.717, 1.165) is 0 Å². The van der Waals surface area contributed by atoms with Crippen molar-refractivity contribution in [2.24, 2.45) is 0 Å². The normalized spacial score (nSPS) is 14.4. The number of aliphatic hydroxyl groups excluding tert-OH is 2. The summed E-state index contributed by atoms with van der Waals surface area (Å²) in [7, 11) is 0. The molecule has 0 aromatic rings. The summed E-state index contributed by atoms with van der Waals surface area (Å²) in [4.78, 5) is 10.9. The second-order valence-electron chi connectivity index (χ2n) is 3.33. The minimum Gasteiger partial charge on any atom is -0.460 e. The highest BCUT2D eigenvalue weighted by Crippen LogP contribution is 1.99. The molecule has 0 saturated carbocycles. The third-order valence-electron chi connectivity index (χ3n) is 1.52. The maximum atomic E-state index is 10.9. The maximum Gasteiger partial charge on any atom is 0.333 e. The highest BCUT2D eigenvalue weighted by Gasteiger charge is 2.08. The van der Waals surface area contributed by atoms with Crippen molar-refractivity contribution in [3.05, 3.63) is 12.2 Å². The molecule has 0 aliphatic rings. The SMILES string of the molecule is C=C(C)C(=O)OCCOC(O)CC(C)O. The number of ether oxygens (including phenoxy) is 2. The second-order valence-corrected chi connectivity index (χ2v) is 3.33. The van der Waals surface area contributed by atoms with Crippen molar-refractivity contribution in [3.63, 3.8) is 0 Å². The molecule has 0 heterocycles. The Morgan fingerprint density at radius 2 is 2.00 bits per heavy atom. The minimum absolute atomic E-state index is 0.0581. The van der Waals surface area contributed by atoms with Crippen LogP contribution in [-0.2, 0) is 14.3 Å². The van der Waals surface area contributed by atoms with E-state index in [1.807, 2.05) is 0 Å². The van der Waals surface area contributed by atoms with Crippen LogP contribution in [0.3, 0.4) is 0 Å². The molecule has 0 aromatic carbocycles. The monoisotopic (exact) mass is 218 g/mol. The van der Waals surface area contributed by atoms with Gasteiger partial charge in [-0.1, -0.05) is 6.58 Å². The zero-order valence-corrected chi connectivity index (χ0v) is 9.10. The van der Waals surface area contributed by atoms with Gasteiger partial charge >= 0.3 is 5.97 Å². The van der Waals surface area contributed by atoms with Gasteiger partial charge in [-0.05, 0) is 13.8 Å². The molecule has 5 heteroatoms. The molecule has 2 unspecified atom stereocenters. The highest BCUT2D eigenvalue weighted by atomic mass is 16.6. The van der Waals surface area contributed by atoms with E-state index < -0.39 is 18.4 Å². The van der Waals surface area contributed by atoms with E-state index >= 15 is 0 Å². The number of carbonyl (C=O) groups excluding carboxylic acids is 1. The molecule has 0 radical (unpaired) electrons. The van der Waals surface area contributed by atoms with Crippen LogP contribution in [0.5, 0.6) is 0 Å². The highest BCUT2D eigenvalue weighted by molar-refractivity contribution is 5.86. The van der Waals surface area contributed by atoms with Gasteiger partial charge in [0.1, 0.15) is 6.61 Å². The van der Waals surface area contributed by atoms with Gasteiger partial charge in [0.2, 0.25) is 0 Å². The Morgan fingerprint density at radius 1 is 1.40 bits per heavy atom. The summed E-state index contributed by atoms with van der Waals surface area (Å²) in [5.41, 5.74) is 0.319. The van der Waals surface area contributed by atoms with Crippen LogP contribution in [0.15, 0.2) is 12.2 Å². The summed E-state index contributed by atoms with van der Waals surface area (Å²) in [6, 6.07) is 0. The lowest BCUT2D eigenvalue weighted by Crippen LogP contribution is -2.21. The van der Waals surface area contributed by atoms with Crippen LogP contribution in [0.25, 0.3) is 0 Å². The number of carbonyl (C=O) groups is 1. The molecule has 0 aliphatic heterocycles. The molecule has 88 valence electrons. The van der Waals surface area contributed by atoms with Crippen LogP contribution in [0.4, 0.5) is 0 Å². The Kier molecular flexibility index (Phi) is 6.94. The van der Waals surface area contributed by atoms with Crippen molar-refractivity contribution in [2.75, 3.05) is 13.2 Å². The topological polar surface area (TPSA) is 76.0 Å². The molecule has 15 heavy (non-hydrogen) atoms. The smallest absolute Gasteiger partial charge is 0.333 e. The Labute approximate surface area is 89.3 Å². The number of hydrogen-bond acceptors (Lipinski definition) is 5. The van der Waals surface area contributed by atoms with Crippen molar-refractivity contribution in [1.29, 1.82) is 0 Å². The number of rotatable bonds is 7. The molecule has 2 atom stereocenters. The van der Waals surface area contributed by atoms with Crippen molar-refractivity contribution in [2.45, 2.75) is 32.7 Å². The average molecular weight is 218 g/mol. The first-order chi connectivity index (χ1) is 6.93. The summed E-state index contributed by atoms with van der Waals surface area (Å²) in [5, 5.41) is 18.1. The lowest BCUT2D eigenvalue weighted by atomic mass is 10.3. The van der Waals surface area contributed by atoms with Crippen molar-refractivity contribution in [3.8, 4) is 0 Å². The number of esters is 1. The van der Waals surface area contributed by atoms with Gasteiger partial charge in [0, 0.05) is 12.0 Å². The van der Waals surface area contributed by atoms with E-state index in [9.17, 15) is 4.79 Å². The fraction of sp³-hybridized carbons (Fsp3) is 0.700. The van der Waals surface area contributed by atoms with Crippen LogP contribution in [-0.4, -0.2) is 41.8 Å². The molecule has 0 amide bonds. The molecule has 2 N–H and O–H groups in total. The molecular formula is C10H18O5. The van der Waals surface area contributed by atoms with Crippen LogP contribution >= 0.6 is 0 Å². The summed E-state index contributed by atoms with van der Waals surface area (Å²) in [6.45, 7) is 6.66. The first kappa shape index (κ1) is 14.1. The predicted molar refractivity (Wildman–Crippen MR) is 54.0 cm³/mol. The largest absolute Gasteiger partial charge is 0.460 e. The van der Waals surface area contributed by atoms with Crippen molar-refractivity contribution in [1.82, 2.24) is 0 Å². The molecule has 0 spiro atoms. The van der Waals surface area contributed by atoms with E-state index in [-0.39, 0.29) is 19.6 Å². The average Bonchev–Trinajstić information content (AvgIpc) is 2.10. The molecule has 0 rings (SSSR count). The van der Waals surface area contributed by atoms with Gasteiger partial charge in [-0.2, -0.15) is 0 Å². The molecule has 0 fully saturated rings. The van der Waals surface area contributed by atoms with E-state index in [1.54, 1.807) is 13.8 Å². The summed E-state index contributed by atoms with van der Waals surface area (Å²) >= 11 is 0. The lowest BCUT2D eigenvalue weighted by molar-refractivity contribution is -0.150. The summed E-state index contributed by atoms with van der Waals surface area (Å²) in [5.74, 6) is -0.483. The first-order valence-electron chi connectivity index (χ1n) is 4.74. The van der Waals surface area contributed by atoms with E-state index in [4.69, 9.17) is 19.7 Å². The Bertz CT molecular complexity index is 212. The number of aliphatic hydroxyl groups is 2. The molecule has 5 nitrogen and oxygen atoms in total. The zero-order chi connectivity index (χ0) is 11.8. The van der Waals surface area contributed by atoms with Crippen LogP contribution in [0, 0.1) is 0 Å². The fourth-order valence-corrected chi connectivity index (χ4v) is 0.802. The Morgan fingerprint density at radius 3 is 2.47 bits per heavy atom. The maximum absolute atomic E-state index is 10.9. The minimum atomic E-state index is -1.03. The standard InChI is InChI=1S/C10H18O5/c1-7(2)10(13)15-5-4-14-9(12)6-8(3)11/h8-9,11-12H,1,4-6H2,2-3H3. The molecule has 0 saturated heterocycles. The van der Waals surface area contributed by atoms with Crippen LogP contribution < -0.4 is 0 Å². The predicted octanol–water partition coefficient (Wildman–Crippen LogP) is 0.212. The van der Waals surface area contributed by atoms with Gasteiger partial charge in [0.25, 0.3) is 0 Å². The molecule has 0 aromatic heterocycles. The quantitative estimate of drug-likeness (QED) is 0.276. The van der Waals surface area contributed by atoms with Crippen molar-refractivity contribution >= 4 is 5.97 Å². The van der Waals surface area contributed by atoms with Gasteiger partial charge in [-0.15, -0.1) is 0 Å². The van der Waals surface area contributed by atoms with Gasteiger partial charge in [-0.25, -0.2) is 4.79 Å². The Hall–Kier alpha value is -0.910. The molecule has 0 bridgehead atoms. The van der Waals surface area contributed by atoms with Gasteiger partial charge < -0.3 is 19.7 Å². The summed E-state index contributed by atoms with van der Waals surface area (Å²) in [6.07, 6.45) is -1.53. The van der Waals surface area contributed by atoms with E-state index in [0.29, 0.717) is 5.57 Å². The summed E-state index contributed by atoms with van der Waals surface area (Å²) < 4.78 is 9.59.